The topological polar surface area (TPSA) is 67.9 Å². The number of ether oxygens (including phenoxy) is 1. The summed E-state index contributed by atoms with van der Waals surface area (Å²) >= 11 is 3.45. The normalized spacial score (nSPS) is 20.6. The van der Waals surface area contributed by atoms with Gasteiger partial charge < -0.3 is 10.5 Å². The molecule has 2 aromatic rings. The zero-order valence-electron chi connectivity index (χ0n) is 12.8. The van der Waals surface area contributed by atoms with Crippen molar-refractivity contribution in [2.75, 3.05) is 14.2 Å². The van der Waals surface area contributed by atoms with Gasteiger partial charge >= 0.3 is 0 Å². The lowest BCUT2D eigenvalue weighted by Gasteiger charge is -2.26. The summed E-state index contributed by atoms with van der Waals surface area (Å²) in [4.78, 5) is 18.9. The van der Waals surface area contributed by atoms with E-state index in [1.54, 1.807) is 14.2 Å². The maximum atomic E-state index is 13.0. The Bertz CT molecular complexity index is 789. The second-order valence-electron chi connectivity index (χ2n) is 5.28. The van der Waals surface area contributed by atoms with Crippen molar-refractivity contribution in [3.8, 4) is 5.75 Å². The summed E-state index contributed by atoms with van der Waals surface area (Å²) in [6, 6.07) is 14.9. The Balaban J connectivity index is 2.24. The number of halogens is 1. The van der Waals surface area contributed by atoms with Gasteiger partial charge in [0.05, 0.1) is 7.11 Å². The van der Waals surface area contributed by atoms with Crippen molar-refractivity contribution in [3.63, 3.8) is 0 Å². The highest BCUT2D eigenvalue weighted by Gasteiger charge is 2.49. The average molecular weight is 374 g/mol. The van der Waals surface area contributed by atoms with Gasteiger partial charge in [-0.05, 0) is 35.4 Å². The molecule has 1 aliphatic rings. The molecule has 6 heteroatoms. The van der Waals surface area contributed by atoms with E-state index in [-0.39, 0.29) is 11.9 Å². The summed E-state index contributed by atoms with van der Waals surface area (Å²) in [6.07, 6.45) is 0. The Labute approximate surface area is 142 Å². The molecule has 118 valence electrons. The van der Waals surface area contributed by atoms with Gasteiger partial charge in [-0.15, -0.1) is 0 Å². The number of nitrogens with two attached hydrogens (primary N) is 1. The first kappa shape index (κ1) is 15.6. The van der Waals surface area contributed by atoms with E-state index in [9.17, 15) is 4.79 Å². The quantitative estimate of drug-likeness (QED) is 0.898. The summed E-state index contributed by atoms with van der Waals surface area (Å²) in [5, 5.41) is 0. The Morgan fingerprint density at radius 1 is 1.17 bits per heavy atom. The summed E-state index contributed by atoms with van der Waals surface area (Å²) in [7, 11) is 3.23. The molecule has 0 unspecified atom stereocenters. The molecule has 0 radical (unpaired) electrons. The molecular formula is C17H16BrN3O2. The van der Waals surface area contributed by atoms with Crippen molar-refractivity contribution in [3.05, 3.63) is 64.1 Å². The van der Waals surface area contributed by atoms with Crippen LogP contribution in [0.2, 0.25) is 0 Å². The van der Waals surface area contributed by atoms with Crippen LogP contribution in [0.1, 0.15) is 11.1 Å². The van der Waals surface area contributed by atoms with E-state index < -0.39 is 5.54 Å². The zero-order chi connectivity index (χ0) is 16.6. The molecule has 0 saturated heterocycles. The van der Waals surface area contributed by atoms with Crippen molar-refractivity contribution in [1.29, 1.82) is 0 Å². The monoisotopic (exact) mass is 373 g/mol. The van der Waals surface area contributed by atoms with E-state index in [2.05, 4.69) is 20.9 Å². The lowest BCUT2D eigenvalue weighted by molar-refractivity contribution is -0.129. The van der Waals surface area contributed by atoms with E-state index in [0.717, 1.165) is 15.6 Å². The van der Waals surface area contributed by atoms with E-state index in [1.807, 2.05) is 48.5 Å². The minimum atomic E-state index is -1.17. The Hall–Kier alpha value is -2.34. The number of carbonyl (C=O) groups excluding carboxylic acids is 1. The summed E-state index contributed by atoms with van der Waals surface area (Å²) in [6.45, 7) is 0. The Morgan fingerprint density at radius 3 is 2.39 bits per heavy atom. The van der Waals surface area contributed by atoms with Crippen LogP contribution in [0.5, 0.6) is 5.75 Å². The van der Waals surface area contributed by atoms with Crippen LogP contribution < -0.4 is 10.5 Å². The lowest BCUT2D eigenvalue weighted by atomic mass is 9.83. The number of nitrogens with zero attached hydrogens (tertiary/aromatic N) is 2. The number of hydrogen-bond donors (Lipinski definition) is 1. The van der Waals surface area contributed by atoms with Crippen molar-refractivity contribution < 1.29 is 9.53 Å². The van der Waals surface area contributed by atoms with E-state index in [4.69, 9.17) is 10.5 Å². The molecule has 2 N–H and O–H groups in total. The van der Waals surface area contributed by atoms with Crippen molar-refractivity contribution >= 4 is 27.8 Å². The summed E-state index contributed by atoms with van der Waals surface area (Å²) < 4.78 is 6.07. The molecule has 1 aliphatic heterocycles. The SMILES string of the molecule is COc1ccc([C@]2(c3cccc(Br)c3)N=C(N)N(C)C2=O)cc1. The van der Waals surface area contributed by atoms with Crippen LogP contribution in [0.25, 0.3) is 0 Å². The Morgan fingerprint density at radius 2 is 1.87 bits per heavy atom. The third-order valence-electron chi connectivity index (χ3n) is 3.99. The number of rotatable bonds is 3. The average Bonchev–Trinajstić information content (AvgIpc) is 2.80. The number of amides is 1. The largest absolute Gasteiger partial charge is 0.497 e. The lowest BCUT2D eigenvalue weighted by Crippen LogP contribution is -2.41. The van der Waals surface area contributed by atoms with Gasteiger partial charge in [-0.25, -0.2) is 4.99 Å². The zero-order valence-corrected chi connectivity index (χ0v) is 14.4. The van der Waals surface area contributed by atoms with Crippen LogP contribution in [0, 0.1) is 0 Å². The second-order valence-corrected chi connectivity index (χ2v) is 6.20. The van der Waals surface area contributed by atoms with Gasteiger partial charge in [0.25, 0.3) is 5.91 Å². The van der Waals surface area contributed by atoms with E-state index >= 15 is 0 Å². The molecule has 1 amide bonds. The molecule has 0 fully saturated rings. The Kier molecular flexibility index (Phi) is 3.85. The van der Waals surface area contributed by atoms with Crippen LogP contribution in [0.15, 0.2) is 58.0 Å². The molecule has 0 saturated carbocycles. The molecule has 1 heterocycles. The molecule has 5 nitrogen and oxygen atoms in total. The van der Waals surface area contributed by atoms with E-state index in [0.29, 0.717) is 5.75 Å². The minimum Gasteiger partial charge on any atom is -0.497 e. The van der Waals surface area contributed by atoms with Crippen molar-refractivity contribution in [2.45, 2.75) is 5.54 Å². The first-order valence-corrected chi connectivity index (χ1v) is 7.82. The smallest absolute Gasteiger partial charge is 0.266 e. The van der Waals surface area contributed by atoms with Gasteiger partial charge in [-0.2, -0.15) is 0 Å². The molecule has 0 aromatic heterocycles. The van der Waals surface area contributed by atoms with Gasteiger partial charge in [-0.1, -0.05) is 40.2 Å². The van der Waals surface area contributed by atoms with Gasteiger partial charge in [0.2, 0.25) is 0 Å². The number of guanidine groups is 1. The van der Waals surface area contributed by atoms with Crippen molar-refractivity contribution in [1.82, 2.24) is 4.90 Å². The predicted octanol–water partition coefficient (Wildman–Crippen LogP) is 2.49. The number of aliphatic imine (C=N–C) groups is 1. The molecule has 3 rings (SSSR count). The molecular weight excluding hydrogens is 358 g/mol. The van der Waals surface area contributed by atoms with Crippen molar-refractivity contribution in [2.24, 2.45) is 10.7 Å². The standard InChI is InChI=1S/C17H16BrN3O2/c1-21-15(22)17(20-16(21)19,12-4-3-5-13(18)10-12)11-6-8-14(23-2)9-7-11/h3-10H,1-2H3,(H2,19,20)/t17-/m1/s1. The molecule has 2 aromatic carbocycles. The molecule has 0 spiro atoms. The summed E-state index contributed by atoms with van der Waals surface area (Å²) in [5.74, 6) is 0.734. The minimum absolute atomic E-state index is 0.182. The fraction of sp³-hybridized carbons (Fsp3) is 0.176. The van der Waals surface area contributed by atoms with Crippen LogP contribution in [-0.4, -0.2) is 30.9 Å². The number of hydrogen-bond acceptors (Lipinski definition) is 4. The van der Waals surface area contributed by atoms with Gasteiger partial charge in [0.15, 0.2) is 11.5 Å². The number of methoxy groups -OCH3 is 1. The number of benzene rings is 2. The van der Waals surface area contributed by atoms with Crippen LogP contribution in [0.3, 0.4) is 0 Å². The highest BCUT2D eigenvalue weighted by Crippen LogP contribution is 2.40. The van der Waals surface area contributed by atoms with Crippen LogP contribution in [-0.2, 0) is 10.3 Å². The fourth-order valence-corrected chi connectivity index (χ4v) is 3.13. The predicted molar refractivity (Wildman–Crippen MR) is 92.3 cm³/mol. The molecule has 0 aliphatic carbocycles. The van der Waals surface area contributed by atoms with Gasteiger partial charge in [0.1, 0.15) is 5.75 Å². The molecule has 0 bridgehead atoms. The highest BCUT2D eigenvalue weighted by molar-refractivity contribution is 9.10. The maximum Gasteiger partial charge on any atom is 0.266 e. The van der Waals surface area contributed by atoms with Gasteiger partial charge in [0, 0.05) is 11.5 Å². The third kappa shape index (κ3) is 2.39. The second kappa shape index (κ2) is 5.70. The van der Waals surface area contributed by atoms with Crippen LogP contribution >= 0.6 is 15.9 Å². The third-order valence-corrected chi connectivity index (χ3v) is 4.48. The molecule has 23 heavy (non-hydrogen) atoms. The van der Waals surface area contributed by atoms with E-state index in [1.165, 1.54) is 4.90 Å². The fourth-order valence-electron chi connectivity index (χ4n) is 2.73. The maximum absolute atomic E-state index is 13.0. The molecule has 1 atom stereocenters. The first-order chi connectivity index (χ1) is 11.0. The number of carbonyl (C=O) groups is 1. The first-order valence-electron chi connectivity index (χ1n) is 7.03. The summed E-state index contributed by atoms with van der Waals surface area (Å²) in [5.41, 5.74) is 6.26. The highest BCUT2D eigenvalue weighted by atomic mass is 79.9. The van der Waals surface area contributed by atoms with Crippen LogP contribution in [0.4, 0.5) is 0 Å². The van der Waals surface area contributed by atoms with Gasteiger partial charge in [-0.3, -0.25) is 9.69 Å². The number of likely N-dealkylation sites (N-methyl/N-ethyl adjacent to an activating group) is 1.